The van der Waals surface area contributed by atoms with E-state index in [4.69, 9.17) is 10.1 Å². The molecule has 0 radical (unpaired) electrons. The van der Waals surface area contributed by atoms with Gasteiger partial charge in [-0.05, 0) is 42.0 Å². The molecule has 0 aliphatic carbocycles. The minimum atomic E-state index is -3.63. The molecule has 1 heterocycles. The Morgan fingerprint density at radius 2 is 1.85 bits per heavy atom. The van der Waals surface area contributed by atoms with Crippen LogP contribution >= 0.6 is 0 Å². The lowest BCUT2D eigenvalue weighted by molar-refractivity contribution is 0.128. The zero-order chi connectivity index (χ0) is 19.3. The van der Waals surface area contributed by atoms with E-state index in [-0.39, 0.29) is 11.5 Å². The molecule has 140 valence electrons. The standard InChI is InChI=1S/C19H18FN3O3S/c20-17-4-6-19(7-5-17)27(24,25)23-10-8-18(9-11-23)22-26-14-16-3-1-2-15(12-16)13-21/h1-7,12H,8-11,14H2. The van der Waals surface area contributed by atoms with Gasteiger partial charge in [0.25, 0.3) is 0 Å². The summed E-state index contributed by atoms with van der Waals surface area (Å²) in [6.45, 7) is 0.842. The average Bonchev–Trinajstić information content (AvgIpc) is 2.69. The summed E-state index contributed by atoms with van der Waals surface area (Å²) >= 11 is 0. The van der Waals surface area contributed by atoms with Crippen molar-refractivity contribution < 1.29 is 17.6 Å². The minimum absolute atomic E-state index is 0.0814. The van der Waals surface area contributed by atoms with Gasteiger partial charge in [0.05, 0.1) is 22.2 Å². The fourth-order valence-electron chi connectivity index (χ4n) is 2.76. The van der Waals surface area contributed by atoms with Gasteiger partial charge in [0, 0.05) is 25.9 Å². The third-order valence-corrected chi connectivity index (χ3v) is 6.14. The first-order chi connectivity index (χ1) is 13.0. The summed E-state index contributed by atoms with van der Waals surface area (Å²) in [7, 11) is -3.63. The van der Waals surface area contributed by atoms with Gasteiger partial charge in [-0.3, -0.25) is 0 Å². The molecular formula is C19H18FN3O3S. The first kappa shape index (κ1) is 19.0. The van der Waals surface area contributed by atoms with E-state index in [2.05, 4.69) is 11.2 Å². The number of hydrogen-bond acceptors (Lipinski definition) is 5. The van der Waals surface area contributed by atoms with Crippen molar-refractivity contribution >= 4 is 15.7 Å². The monoisotopic (exact) mass is 387 g/mol. The number of halogens is 1. The van der Waals surface area contributed by atoms with E-state index in [0.29, 0.717) is 31.5 Å². The van der Waals surface area contributed by atoms with Crippen LogP contribution in [-0.2, 0) is 21.5 Å². The predicted octanol–water partition coefficient (Wildman–Crippen LogP) is 3.05. The van der Waals surface area contributed by atoms with Crippen LogP contribution in [0, 0.1) is 17.1 Å². The van der Waals surface area contributed by atoms with Crippen LogP contribution in [0.25, 0.3) is 0 Å². The number of nitrogens with zero attached hydrogens (tertiary/aromatic N) is 3. The molecule has 0 atom stereocenters. The number of sulfonamides is 1. The number of hydrogen-bond donors (Lipinski definition) is 0. The van der Waals surface area contributed by atoms with Crippen LogP contribution < -0.4 is 0 Å². The molecule has 2 aromatic rings. The topological polar surface area (TPSA) is 82.8 Å². The molecule has 1 fully saturated rings. The van der Waals surface area contributed by atoms with E-state index in [1.807, 2.05) is 6.07 Å². The highest BCUT2D eigenvalue weighted by molar-refractivity contribution is 7.89. The number of oxime groups is 1. The zero-order valence-electron chi connectivity index (χ0n) is 14.5. The Morgan fingerprint density at radius 1 is 1.15 bits per heavy atom. The molecule has 1 aliphatic rings. The van der Waals surface area contributed by atoms with Gasteiger partial charge in [-0.2, -0.15) is 9.57 Å². The van der Waals surface area contributed by atoms with Crippen LogP contribution in [0.4, 0.5) is 4.39 Å². The number of nitriles is 1. The van der Waals surface area contributed by atoms with Gasteiger partial charge in [-0.1, -0.05) is 17.3 Å². The molecule has 6 nitrogen and oxygen atoms in total. The van der Waals surface area contributed by atoms with Crippen molar-refractivity contribution in [1.29, 1.82) is 5.26 Å². The van der Waals surface area contributed by atoms with Gasteiger partial charge < -0.3 is 4.84 Å². The predicted molar refractivity (Wildman–Crippen MR) is 97.8 cm³/mol. The van der Waals surface area contributed by atoms with Crippen LogP contribution in [-0.4, -0.2) is 31.5 Å². The summed E-state index contributed by atoms with van der Waals surface area (Å²) in [6.07, 6.45) is 0.942. The van der Waals surface area contributed by atoms with Crippen molar-refractivity contribution in [2.75, 3.05) is 13.1 Å². The van der Waals surface area contributed by atoms with E-state index >= 15 is 0 Å². The van der Waals surface area contributed by atoms with Crippen molar-refractivity contribution in [1.82, 2.24) is 4.31 Å². The first-order valence-corrected chi connectivity index (χ1v) is 9.85. The maximum absolute atomic E-state index is 13.0. The quantitative estimate of drug-likeness (QED) is 0.738. The van der Waals surface area contributed by atoms with Crippen molar-refractivity contribution in [3.8, 4) is 6.07 Å². The Kier molecular flexibility index (Phi) is 5.84. The van der Waals surface area contributed by atoms with Gasteiger partial charge in [-0.25, -0.2) is 12.8 Å². The second kappa shape index (κ2) is 8.29. The summed E-state index contributed by atoms with van der Waals surface area (Å²) in [5.74, 6) is -0.473. The zero-order valence-corrected chi connectivity index (χ0v) is 15.3. The SMILES string of the molecule is N#Cc1cccc(CON=C2CCN(S(=O)(=O)c3ccc(F)cc3)CC2)c1. The molecule has 1 aliphatic heterocycles. The molecule has 0 unspecified atom stereocenters. The van der Waals surface area contributed by atoms with E-state index in [9.17, 15) is 12.8 Å². The Morgan fingerprint density at radius 3 is 2.52 bits per heavy atom. The Balaban J connectivity index is 1.56. The van der Waals surface area contributed by atoms with Gasteiger partial charge in [0.15, 0.2) is 0 Å². The van der Waals surface area contributed by atoms with E-state index in [0.717, 1.165) is 23.4 Å². The summed E-state index contributed by atoms with van der Waals surface area (Å²) < 4.78 is 39.5. The third kappa shape index (κ3) is 4.70. The second-order valence-corrected chi connectivity index (χ2v) is 8.04. The summed E-state index contributed by atoms with van der Waals surface area (Å²) in [5.41, 5.74) is 2.19. The summed E-state index contributed by atoms with van der Waals surface area (Å²) in [5, 5.41) is 13.0. The highest BCUT2D eigenvalue weighted by atomic mass is 32.2. The highest BCUT2D eigenvalue weighted by Crippen LogP contribution is 2.20. The van der Waals surface area contributed by atoms with Crippen LogP contribution in [0.1, 0.15) is 24.0 Å². The Hall–Kier alpha value is -2.76. The molecule has 8 heteroatoms. The molecular weight excluding hydrogens is 369 g/mol. The summed E-state index contributed by atoms with van der Waals surface area (Å²) in [4.78, 5) is 5.43. The first-order valence-electron chi connectivity index (χ1n) is 8.41. The molecule has 0 amide bonds. The lowest BCUT2D eigenvalue weighted by Gasteiger charge is -2.26. The molecule has 3 rings (SSSR count). The van der Waals surface area contributed by atoms with Gasteiger partial charge >= 0.3 is 0 Å². The lowest BCUT2D eigenvalue weighted by Crippen LogP contribution is -2.38. The van der Waals surface area contributed by atoms with E-state index in [1.165, 1.54) is 16.4 Å². The maximum atomic E-state index is 13.0. The Labute approximate surface area is 157 Å². The molecule has 27 heavy (non-hydrogen) atoms. The van der Waals surface area contributed by atoms with Crippen LogP contribution in [0.3, 0.4) is 0 Å². The molecule has 2 aromatic carbocycles. The van der Waals surface area contributed by atoms with Crippen LogP contribution in [0.15, 0.2) is 58.6 Å². The molecule has 0 saturated carbocycles. The minimum Gasteiger partial charge on any atom is -0.391 e. The molecule has 0 bridgehead atoms. The van der Waals surface area contributed by atoms with Crippen LogP contribution in [0.5, 0.6) is 0 Å². The van der Waals surface area contributed by atoms with Crippen LogP contribution in [0.2, 0.25) is 0 Å². The molecule has 0 N–H and O–H groups in total. The average molecular weight is 387 g/mol. The van der Waals surface area contributed by atoms with Crippen molar-refractivity contribution in [3.63, 3.8) is 0 Å². The molecule has 0 aromatic heterocycles. The normalized spacial score (nSPS) is 15.2. The largest absolute Gasteiger partial charge is 0.391 e. The van der Waals surface area contributed by atoms with Crippen molar-refractivity contribution in [2.45, 2.75) is 24.3 Å². The Bertz CT molecular complexity index is 972. The van der Waals surface area contributed by atoms with Crippen molar-refractivity contribution in [2.24, 2.45) is 5.16 Å². The van der Waals surface area contributed by atoms with E-state index < -0.39 is 15.8 Å². The number of piperidine rings is 1. The van der Waals surface area contributed by atoms with E-state index in [1.54, 1.807) is 18.2 Å². The smallest absolute Gasteiger partial charge is 0.243 e. The second-order valence-electron chi connectivity index (χ2n) is 6.10. The van der Waals surface area contributed by atoms with Gasteiger partial charge in [-0.15, -0.1) is 0 Å². The molecule has 1 saturated heterocycles. The maximum Gasteiger partial charge on any atom is 0.243 e. The lowest BCUT2D eigenvalue weighted by atomic mass is 10.1. The van der Waals surface area contributed by atoms with Crippen molar-refractivity contribution in [3.05, 3.63) is 65.5 Å². The third-order valence-electron chi connectivity index (χ3n) is 4.23. The number of benzene rings is 2. The highest BCUT2D eigenvalue weighted by Gasteiger charge is 2.28. The van der Waals surface area contributed by atoms with Gasteiger partial charge in [0.1, 0.15) is 12.4 Å². The number of rotatable bonds is 5. The summed E-state index contributed by atoms with van der Waals surface area (Å²) in [6, 6.07) is 14.0. The fourth-order valence-corrected chi connectivity index (χ4v) is 4.20. The molecule has 0 spiro atoms. The fraction of sp³-hybridized carbons (Fsp3) is 0.263. The van der Waals surface area contributed by atoms with Gasteiger partial charge in [0.2, 0.25) is 10.0 Å².